The van der Waals surface area contributed by atoms with Crippen molar-refractivity contribution < 1.29 is 38.5 Å². The maximum Gasteiger partial charge on any atom is 0.313 e. The molecule has 2 bridgehead atoms. The topological polar surface area (TPSA) is 138 Å². The molecule has 1 aromatic carbocycles. The first-order chi connectivity index (χ1) is 24.6. The third-order valence-corrected chi connectivity index (χ3v) is 11.9. The molecule has 2 N–H and O–H groups in total. The fraction of sp³-hybridized carbons (Fsp3) is 0.632. The summed E-state index contributed by atoms with van der Waals surface area (Å²) in [6.45, 7) is 15.3. The van der Waals surface area contributed by atoms with Gasteiger partial charge < -0.3 is 34.4 Å². The summed E-state index contributed by atoms with van der Waals surface area (Å²) in [4.78, 5) is 61.8. The van der Waals surface area contributed by atoms with Gasteiger partial charge >= 0.3 is 5.97 Å². The van der Waals surface area contributed by atoms with Crippen molar-refractivity contribution in [3.63, 3.8) is 0 Å². The molecule has 9 atom stereocenters. The van der Waals surface area contributed by atoms with Crippen LogP contribution in [0, 0.1) is 17.8 Å². The number of alkyl halides is 1. The van der Waals surface area contributed by atoms with E-state index < -0.39 is 53.6 Å². The molecular weight excluding hydrogens is 720 g/mol. The highest BCUT2D eigenvalue weighted by molar-refractivity contribution is 9.09. The van der Waals surface area contributed by atoms with Crippen molar-refractivity contribution in [2.45, 2.75) is 74.3 Å². The smallest absolute Gasteiger partial charge is 0.313 e. The van der Waals surface area contributed by atoms with Crippen LogP contribution in [-0.2, 0) is 33.4 Å². The highest BCUT2D eigenvalue weighted by atomic mass is 79.9. The van der Waals surface area contributed by atoms with Crippen molar-refractivity contribution in [1.82, 2.24) is 20.0 Å². The number of benzene rings is 1. The second-order valence-electron chi connectivity index (χ2n) is 14.0. The van der Waals surface area contributed by atoms with Crippen molar-refractivity contribution in [3.05, 3.63) is 61.2 Å². The molecule has 0 aliphatic carbocycles. The Hall–Kier alpha value is -3.10. The summed E-state index contributed by atoms with van der Waals surface area (Å²) in [6.07, 6.45) is 3.55. The normalized spacial score (nSPS) is 28.8. The number of amides is 3. The van der Waals surface area contributed by atoms with Gasteiger partial charge in [0.1, 0.15) is 17.7 Å². The Balaban J connectivity index is 1.47. The van der Waals surface area contributed by atoms with Crippen molar-refractivity contribution in [2.24, 2.45) is 17.8 Å². The second-order valence-corrected chi connectivity index (χ2v) is 15.2. The Morgan fingerprint density at radius 2 is 1.92 bits per heavy atom. The van der Waals surface area contributed by atoms with E-state index in [4.69, 9.17) is 14.2 Å². The maximum atomic E-state index is 14.9. The molecule has 4 heterocycles. The van der Waals surface area contributed by atoms with Crippen LogP contribution in [0.25, 0.3) is 0 Å². The molecule has 4 aliphatic rings. The number of carbonyl (C=O) groups is 4. The minimum atomic E-state index is -1.32. The van der Waals surface area contributed by atoms with Gasteiger partial charge in [0.15, 0.2) is 0 Å². The Kier molecular flexibility index (Phi) is 13.5. The van der Waals surface area contributed by atoms with E-state index in [2.05, 4.69) is 39.3 Å². The van der Waals surface area contributed by atoms with E-state index in [1.54, 1.807) is 17.1 Å². The van der Waals surface area contributed by atoms with E-state index in [0.717, 1.165) is 13.1 Å². The summed E-state index contributed by atoms with van der Waals surface area (Å²) in [5.74, 6) is -3.67. The minimum absolute atomic E-state index is 0.0406. The quantitative estimate of drug-likeness (QED) is 0.131. The summed E-state index contributed by atoms with van der Waals surface area (Å²) < 4.78 is 18.4. The van der Waals surface area contributed by atoms with Gasteiger partial charge in [-0.05, 0) is 24.3 Å². The first-order valence-electron chi connectivity index (χ1n) is 18.2. The van der Waals surface area contributed by atoms with Gasteiger partial charge in [-0.2, -0.15) is 0 Å². The first-order valence-corrected chi connectivity index (χ1v) is 19.1. The number of rotatable bonds is 18. The van der Waals surface area contributed by atoms with Crippen LogP contribution in [0.5, 0.6) is 0 Å². The lowest BCUT2D eigenvalue weighted by Crippen LogP contribution is -2.60. The molecule has 280 valence electrons. The molecular formula is C38H53BrN4O8. The summed E-state index contributed by atoms with van der Waals surface area (Å²) in [6, 6.07) is 7.40. The number of esters is 1. The number of ether oxygens (including phenoxy) is 3. The number of allylic oxidation sites excluding steroid dienone is 1. The number of halogens is 1. The molecule has 0 aromatic heterocycles. The van der Waals surface area contributed by atoms with Crippen molar-refractivity contribution in [3.8, 4) is 0 Å². The molecule has 13 heteroatoms. The molecule has 4 fully saturated rings. The largest absolute Gasteiger partial charge is 0.455 e. The maximum absolute atomic E-state index is 14.9. The molecule has 3 amide bonds. The van der Waals surface area contributed by atoms with E-state index in [1.807, 2.05) is 44.2 Å². The average Bonchev–Trinajstić information content (AvgIpc) is 3.74. The van der Waals surface area contributed by atoms with Gasteiger partial charge in [0.25, 0.3) is 0 Å². The number of fused-ring (bicyclic) bond motifs is 1. The molecule has 4 aliphatic heterocycles. The Morgan fingerprint density at radius 3 is 2.57 bits per heavy atom. The van der Waals surface area contributed by atoms with Crippen LogP contribution in [-0.4, -0.2) is 131 Å². The van der Waals surface area contributed by atoms with Crippen LogP contribution >= 0.6 is 15.9 Å². The summed E-state index contributed by atoms with van der Waals surface area (Å²) in [7, 11) is 0. The lowest BCUT2D eigenvalue weighted by atomic mass is 9.70. The van der Waals surface area contributed by atoms with Crippen LogP contribution in [0.2, 0.25) is 0 Å². The molecule has 1 spiro atoms. The van der Waals surface area contributed by atoms with Crippen LogP contribution in [0.1, 0.15) is 51.2 Å². The molecule has 1 aromatic rings. The van der Waals surface area contributed by atoms with E-state index in [9.17, 15) is 24.3 Å². The van der Waals surface area contributed by atoms with Crippen LogP contribution in [0.3, 0.4) is 0 Å². The summed E-state index contributed by atoms with van der Waals surface area (Å²) in [5, 5.41) is 13.6. The van der Waals surface area contributed by atoms with Gasteiger partial charge in [-0.3, -0.25) is 24.1 Å². The van der Waals surface area contributed by atoms with Gasteiger partial charge in [0.2, 0.25) is 17.7 Å². The van der Waals surface area contributed by atoms with Gasteiger partial charge in [-0.15, -0.1) is 13.2 Å². The van der Waals surface area contributed by atoms with Crippen molar-refractivity contribution >= 4 is 39.6 Å². The highest BCUT2D eigenvalue weighted by Gasteiger charge is 2.77. The van der Waals surface area contributed by atoms with Gasteiger partial charge in [0.05, 0.1) is 50.3 Å². The van der Waals surface area contributed by atoms with Crippen molar-refractivity contribution in [1.29, 1.82) is 0 Å². The monoisotopic (exact) mass is 772 g/mol. The molecule has 1 unspecified atom stereocenters. The second kappa shape index (κ2) is 17.6. The zero-order valence-electron chi connectivity index (χ0n) is 29.8. The molecule has 12 nitrogen and oxygen atoms in total. The number of carbonyl (C=O) groups excluding carboxylic acids is 4. The number of aliphatic hydroxyl groups is 1. The molecule has 0 radical (unpaired) electrons. The zero-order valence-corrected chi connectivity index (χ0v) is 31.4. The standard InChI is InChI=1S/C38H53BrN4O8/c1-5-8-14-30(45)40-23-29(26-12-10-9-11-13-26)50-37(48)31-32-35(46)43(28(24-44)25(4)7-3)34(38(32)22-27(39)33(31)51-38)36(47)42(15-6-2)17-16-41-18-20-49-21-19-41/h5-6,9-13,25,27-29,31-34,44H,1-2,7-8,14-24H2,3-4H3,(H,40,45)/t25-,27?,28-,29-,31+,32-,33+,34+,38-/m0/s1. The van der Waals surface area contributed by atoms with E-state index >= 15 is 0 Å². The van der Waals surface area contributed by atoms with E-state index in [1.165, 1.54) is 4.90 Å². The SMILES string of the molecule is C=CCCC(=O)NC[C@H](OC(=O)[C@H]1[C@@H]2O[C@@]3(CC2Br)[C@@H]1C(=O)N([C@@H](CO)[C@@H](C)CC)[C@@H]3C(=O)N(CC=C)CCN1CCOCC1)c1ccccc1. The summed E-state index contributed by atoms with van der Waals surface area (Å²) in [5.41, 5.74) is -0.633. The Bertz CT molecular complexity index is 1410. The van der Waals surface area contributed by atoms with Crippen LogP contribution in [0.4, 0.5) is 0 Å². The van der Waals surface area contributed by atoms with Crippen LogP contribution in [0.15, 0.2) is 55.6 Å². The number of hydrogen-bond donors (Lipinski definition) is 2. The molecule has 51 heavy (non-hydrogen) atoms. The third-order valence-electron chi connectivity index (χ3n) is 11.0. The fourth-order valence-electron chi connectivity index (χ4n) is 8.14. The van der Waals surface area contributed by atoms with Gasteiger partial charge in [0, 0.05) is 44.0 Å². The lowest BCUT2D eigenvalue weighted by Gasteiger charge is -2.41. The number of aliphatic hydroxyl groups excluding tert-OH is 1. The Labute approximate surface area is 309 Å². The molecule has 0 saturated carbocycles. The Morgan fingerprint density at radius 1 is 1.20 bits per heavy atom. The number of nitrogens with zero attached hydrogens (tertiary/aromatic N) is 3. The number of nitrogens with one attached hydrogen (secondary N) is 1. The molecule has 4 saturated heterocycles. The number of likely N-dealkylation sites (tertiary alicyclic amines) is 1. The lowest BCUT2D eigenvalue weighted by molar-refractivity contribution is -0.161. The fourth-order valence-corrected chi connectivity index (χ4v) is 9.08. The highest BCUT2D eigenvalue weighted by Crippen LogP contribution is 2.61. The van der Waals surface area contributed by atoms with Gasteiger partial charge in [-0.1, -0.05) is 78.7 Å². The first kappa shape index (κ1) is 39.1. The molecule has 5 rings (SSSR count). The predicted octanol–water partition coefficient (Wildman–Crippen LogP) is 2.86. The minimum Gasteiger partial charge on any atom is -0.455 e. The summed E-state index contributed by atoms with van der Waals surface area (Å²) >= 11 is 3.75. The van der Waals surface area contributed by atoms with E-state index in [0.29, 0.717) is 51.1 Å². The van der Waals surface area contributed by atoms with E-state index in [-0.39, 0.29) is 48.7 Å². The number of morpholine rings is 1. The van der Waals surface area contributed by atoms with Gasteiger partial charge in [-0.25, -0.2) is 0 Å². The third kappa shape index (κ3) is 8.12. The zero-order chi connectivity index (χ0) is 36.7. The predicted molar refractivity (Wildman–Crippen MR) is 195 cm³/mol. The van der Waals surface area contributed by atoms with Crippen molar-refractivity contribution in [2.75, 3.05) is 59.1 Å². The van der Waals surface area contributed by atoms with Crippen LogP contribution < -0.4 is 5.32 Å². The number of hydrogen-bond acceptors (Lipinski definition) is 9. The average molecular weight is 774 g/mol.